The zero-order valence-electron chi connectivity index (χ0n) is 8.30. The van der Waals surface area contributed by atoms with Gasteiger partial charge in [0, 0.05) is 9.86 Å². The fourth-order valence-electron chi connectivity index (χ4n) is 1.70. The molecule has 0 aliphatic heterocycles. The highest BCUT2D eigenvalue weighted by Crippen LogP contribution is 2.32. The van der Waals surface area contributed by atoms with Crippen molar-refractivity contribution in [2.24, 2.45) is 0 Å². The van der Waals surface area contributed by atoms with E-state index in [-0.39, 0.29) is 5.25 Å². The van der Waals surface area contributed by atoms with Crippen molar-refractivity contribution in [1.29, 1.82) is 0 Å². The molecule has 0 N–H and O–H groups in total. The molecule has 0 spiro atoms. The molecule has 16 heavy (non-hydrogen) atoms. The van der Waals surface area contributed by atoms with E-state index in [9.17, 15) is 8.42 Å². The van der Waals surface area contributed by atoms with Crippen molar-refractivity contribution >= 4 is 36.9 Å². The first-order valence-electron chi connectivity index (χ1n) is 4.97. The van der Waals surface area contributed by atoms with E-state index < -0.39 is 10.0 Å². The van der Waals surface area contributed by atoms with Gasteiger partial charge in [0.05, 0.1) is 17.0 Å². The third-order valence-electron chi connectivity index (χ3n) is 2.71. The standard InChI is InChI=1S/C10H9BrN2O2S/c11-9-2-1-3-10-8(9)6-12-13(10)16(14,15)7-4-5-7/h1-3,6-7H,4-5H2. The summed E-state index contributed by atoms with van der Waals surface area (Å²) in [5.41, 5.74) is 0.640. The molecule has 1 aliphatic carbocycles. The Kier molecular flexibility index (Phi) is 2.12. The quantitative estimate of drug-likeness (QED) is 0.854. The Hall–Kier alpha value is -0.880. The molecule has 2 aromatic rings. The van der Waals surface area contributed by atoms with E-state index in [4.69, 9.17) is 0 Å². The van der Waals surface area contributed by atoms with Crippen molar-refractivity contribution in [2.45, 2.75) is 18.1 Å². The highest BCUT2D eigenvalue weighted by Gasteiger charge is 2.38. The van der Waals surface area contributed by atoms with Crippen molar-refractivity contribution in [1.82, 2.24) is 9.19 Å². The lowest BCUT2D eigenvalue weighted by molar-refractivity contribution is 0.581. The number of aromatic nitrogens is 2. The van der Waals surface area contributed by atoms with Crippen LogP contribution in [0.5, 0.6) is 0 Å². The maximum absolute atomic E-state index is 12.1. The zero-order chi connectivity index (χ0) is 11.3. The third kappa shape index (κ3) is 1.40. The Morgan fingerprint density at radius 1 is 1.38 bits per heavy atom. The molecule has 6 heteroatoms. The Bertz CT molecular complexity index is 659. The smallest absolute Gasteiger partial charge is 0.204 e. The summed E-state index contributed by atoms with van der Waals surface area (Å²) in [5, 5.41) is 4.57. The molecule has 0 saturated heterocycles. The van der Waals surface area contributed by atoms with E-state index in [1.165, 1.54) is 0 Å². The maximum atomic E-state index is 12.1. The SMILES string of the molecule is O=S(=O)(C1CC1)n1ncc2c(Br)cccc21. The molecule has 1 saturated carbocycles. The number of benzene rings is 1. The fourth-order valence-corrected chi connectivity index (χ4v) is 3.79. The summed E-state index contributed by atoms with van der Waals surface area (Å²) in [6, 6.07) is 5.46. The molecular formula is C10H9BrN2O2S. The number of rotatable bonds is 2. The Balaban J connectivity index is 2.29. The molecule has 84 valence electrons. The van der Waals surface area contributed by atoms with Gasteiger partial charge in [-0.05, 0) is 25.0 Å². The van der Waals surface area contributed by atoms with Gasteiger partial charge in [-0.3, -0.25) is 0 Å². The van der Waals surface area contributed by atoms with E-state index in [1.807, 2.05) is 12.1 Å². The van der Waals surface area contributed by atoms with Crippen LogP contribution in [-0.2, 0) is 10.0 Å². The van der Waals surface area contributed by atoms with Crippen LogP contribution in [0.3, 0.4) is 0 Å². The van der Waals surface area contributed by atoms with Gasteiger partial charge in [-0.1, -0.05) is 22.0 Å². The Labute approximate surface area is 101 Å². The molecule has 0 unspecified atom stereocenters. The first-order chi connectivity index (χ1) is 7.60. The average molecular weight is 301 g/mol. The Morgan fingerprint density at radius 3 is 2.81 bits per heavy atom. The summed E-state index contributed by atoms with van der Waals surface area (Å²) in [6.45, 7) is 0. The minimum absolute atomic E-state index is 0.241. The minimum atomic E-state index is -3.28. The van der Waals surface area contributed by atoms with Crippen molar-refractivity contribution in [3.63, 3.8) is 0 Å². The van der Waals surface area contributed by atoms with Crippen molar-refractivity contribution in [3.8, 4) is 0 Å². The van der Waals surface area contributed by atoms with Gasteiger partial charge in [0.25, 0.3) is 10.0 Å². The van der Waals surface area contributed by atoms with Gasteiger partial charge in [0.15, 0.2) is 0 Å². The van der Waals surface area contributed by atoms with Crippen LogP contribution in [0.2, 0.25) is 0 Å². The molecule has 0 bridgehead atoms. The summed E-state index contributed by atoms with van der Waals surface area (Å²) in [4.78, 5) is 0. The van der Waals surface area contributed by atoms with Crippen molar-refractivity contribution < 1.29 is 8.42 Å². The second-order valence-corrected chi connectivity index (χ2v) is 6.80. The monoisotopic (exact) mass is 300 g/mol. The number of hydrogen-bond acceptors (Lipinski definition) is 3. The van der Waals surface area contributed by atoms with E-state index in [1.54, 1.807) is 12.3 Å². The largest absolute Gasteiger partial charge is 0.257 e. The second kappa shape index (κ2) is 3.30. The van der Waals surface area contributed by atoms with Gasteiger partial charge in [0.2, 0.25) is 0 Å². The number of halogens is 1. The van der Waals surface area contributed by atoms with Crippen LogP contribution in [-0.4, -0.2) is 22.9 Å². The fraction of sp³-hybridized carbons (Fsp3) is 0.300. The molecule has 1 heterocycles. The van der Waals surface area contributed by atoms with E-state index in [0.29, 0.717) is 5.52 Å². The summed E-state index contributed by atoms with van der Waals surface area (Å²) >= 11 is 3.38. The predicted octanol–water partition coefficient (Wildman–Crippen LogP) is 2.14. The number of fused-ring (bicyclic) bond motifs is 1. The zero-order valence-corrected chi connectivity index (χ0v) is 10.7. The van der Waals surface area contributed by atoms with Crippen LogP contribution in [0.25, 0.3) is 10.9 Å². The minimum Gasteiger partial charge on any atom is -0.204 e. The molecule has 1 aliphatic rings. The molecule has 1 fully saturated rings. The van der Waals surface area contributed by atoms with E-state index in [0.717, 1.165) is 26.8 Å². The van der Waals surface area contributed by atoms with Gasteiger partial charge >= 0.3 is 0 Å². The van der Waals surface area contributed by atoms with Crippen LogP contribution >= 0.6 is 15.9 Å². The maximum Gasteiger partial charge on any atom is 0.257 e. The van der Waals surface area contributed by atoms with Crippen molar-refractivity contribution in [3.05, 3.63) is 28.9 Å². The summed E-state index contributed by atoms with van der Waals surface area (Å²) in [5.74, 6) is 0. The molecular weight excluding hydrogens is 292 g/mol. The van der Waals surface area contributed by atoms with Crippen LogP contribution in [0.15, 0.2) is 28.9 Å². The first kappa shape index (κ1) is 10.3. The number of hydrogen-bond donors (Lipinski definition) is 0. The topological polar surface area (TPSA) is 52.0 Å². The second-order valence-electron chi connectivity index (χ2n) is 3.90. The van der Waals surface area contributed by atoms with Gasteiger partial charge in [0.1, 0.15) is 0 Å². The van der Waals surface area contributed by atoms with Crippen LogP contribution in [0.4, 0.5) is 0 Å². The summed E-state index contributed by atoms with van der Waals surface area (Å²) in [6.07, 6.45) is 3.08. The molecule has 4 nitrogen and oxygen atoms in total. The number of nitrogens with zero attached hydrogens (tertiary/aromatic N) is 2. The molecule has 0 radical (unpaired) electrons. The summed E-state index contributed by atoms with van der Waals surface area (Å²) < 4.78 is 26.2. The average Bonchev–Trinajstić information content (AvgIpc) is 2.99. The highest BCUT2D eigenvalue weighted by molar-refractivity contribution is 9.10. The van der Waals surface area contributed by atoms with Gasteiger partial charge in [-0.2, -0.15) is 9.19 Å². The lowest BCUT2D eigenvalue weighted by Crippen LogP contribution is -2.18. The normalized spacial score (nSPS) is 16.8. The van der Waals surface area contributed by atoms with E-state index >= 15 is 0 Å². The van der Waals surface area contributed by atoms with E-state index in [2.05, 4.69) is 21.0 Å². The molecule has 1 aromatic heterocycles. The Morgan fingerprint density at radius 2 is 2.12 bits per heavy atom. The first-order valence-corrected chi connectivity index (χ1v) is 7.27. The van der Waals surface area contributed by atoms with Gasteiger partial charge in [-0.15, -0.1) is 0 Å². The molecule has 3 rings (SSSR count). The lowest BCUT2D eigenvalue weighted by Gasteiger charge is -2.03. The molecule has 0 amide bonds. The van der Waals surface area contributed by atoms with Crippen LogP contribution < -0.4 is 0 Å². The highest BCUT2D eigenvalue weighted by atomic mass is 79.9. The third-order valence-corrected chi connectivity index (χ3v) is 5.49. The molecule has 1 aromatic carbocycles. The van der Waals surface area contributed by atoms with Crippen molar-refractivity contribution in [2.75, 3.05) is 0 Å². The van der Waals surface area contributed by atoms with Gasteiger partial charge < -0.3 is 0 Å². The summed E-state index contributed by atoms with van der Waals surface area (Å²) in [7, 11) is -3.28. The van der Waals surface area contributed by atoms with Gasteiger partial charge in [-0.25, -0.2) is 8.42 Å². The predicted molar refractivity (Wildman–Crippen MR) is 64.8 cm³/mol. The van der Waals surface area contributed by atoms with Crippen LogP contribution in [0, 0.1) is 0 Å². The lowest BCUT2D eigenvalue weighted by atomic mass is 10.3. The molecule has 0 atom stereocenters. The van der Waals surface area contributed by atoms with Crippen LogP contribution in [0.1, 0.15) is 12.8 Å².